The first kappa shape index (κ1) is 18.5. The molecule has 0 aliphatic rings. The van der Waals surface area contributed by atoms with Crippen LogP contribution < -0.4 is 10.7 Å². The van der Waals surface area contributed by atoms with Gasteiger partial charge in [0.2, 0.25) is 0 Å². The second-order valence-corrected chi connectivity index (χ2v) is 6.60. The third kappa shape index (κ3) is 4.86. The van der Waals surface area contributed by atoms with Crippen molar-refractivity contribution in [1.29, 1.82) is 0 Å². The second-order valence-electron chi connectivity index (χ2n) is 5.65. The minimum Gasteiger partial charge on any atom is -0.321 e. The Bertz CT molecular complexity index is 965. The largest absolute Gasteiger partial charge is 0.321 e. The number of thiophene rings is 1. The minimum atomic E-state index is -0.422. The monoisotopic (exact) mass is 381 g/mol. The Kier molecular flexibility index (Phi) is 5.73. The highest BCUT2D eigenvalue weighted by atomic mass is 32.1. The van der Waals surface area contributed by atoms with Crippen LogP contribution in [0, 0.1) is 5.82 Å². The summed E-state index contributed by atoms with van der Waals surface area (Å²) in [5, 5.41) is 8.73. The summed E-state index contributed by atoms with van der Waals surface area (Å²) in [7, 11) is 0. The normalized spacial score (nSPS) is 11.1. The number of carbonyl (C=O) groups excluding carboxylic acids is 2. The van der Waals surface area contributed by atoms with E-state index in [4.69, 9.17) is 0 Å². The van der Waals surface area contributed by atoms with Gasteiger partial charge in [-0.3, -0.25) is 9.59 Å². The molecule has 136 valence electrons. The van der Waals surface area contributed by atoms with Crippen LogP contribution in [0.25, 0.3) is 0 Å². The molecule has 1 aromatic heterocycles. The molecule has 0 aliphatic carbocycles. The summed E-state index contributed by atoms with van der Waals surface area (Å²) in [6.45, 7) is 1.75. The molecule has 0 saturated heterocycles. The van der Waals surface area contributed by atoms with E-state index in [0.717, 1.165) is 5.56 Å². The van der Waals surface area contributed by atoms with Crippen LogP contribution in [0.3, 0.4) is 0 Å². The lowest BCUT2D eigenvalue weighted by atomic mass is 10.1. The molecule has 2 amide bonds. The molecule has 1 heterocycles. The molecule has 7 heteroatoms. The molecule has 0 bridgehead atoms. The van der Waals surface area contributed by atoms with Crippen molar-refractivity contribution in [2.24, 2.45) is 5.10 Å². The van der Waals surface area contributed by atoms with Crippen LogP contribution in [0.4, 0.5) is 10.1 Å². The summed E-state index contributed by atoms with van der Waals surface area (Å²) in [5.41, 5.74) is 4.82. The van der Waals surface area contributed by atoms with Crippen molar-refractivity contribution in [3.8, 4) is 0 Å². The van der Waals surface area contributed by atoms with Gasteiger partial charge in [-0.15, -0.1) is 11.3 Å². The van der Waals surface area contributed by atoms with E-state index in [9.17, 15) is 14.0 Å². The molecule has 0 unspecified atom stereocenters. The number of anilines is 1. The fraction of sp³-hybridized carbons (Fsp3) is 0.0500. The average molecular weight is 381 g/mol. The van der Waals surface area contributed by atoms with Crippen LogP contribution >= 0.6 is 11.3 Å². The molecule has 0 radical (unpaired) electrons. The highest BCUT2D eigenvalue weighted by Crippen LogP contribution is 2.14. The minimum absolute atomic E-state index is 0.158. The van der Waals surface area contributed by atoms with Gasteiger partial charge in [-0.25, -0.2) is 9.82 Å². The molecule has 27 heavy (non-hydrogen) atoms. The standard InChI is InChI=1S/C20H16FN3O2S/c1-13(23-24-19(25)15-4-8-16(21)9-5-15)14-6-10-17(11-7-14)22-20(26)18-3-2-12-27-18/h2-12H,1H3,(H,22,26)(H,24,25)/b23-13+. The van der Waals surface area contributed by atoms with Gasteiger partial charge in [0.05, 0.1) is 10.6 Å². The predicted molar refractivity (Wildman–Crippen MR) is 105 cm³/mol. The van der Waals surface area contributed by atoms with E-state index >= 15 is 0 Å². The van der Waals surface area contributed by atoms with E-state index in [1.807, 2.05) is 11.4 Å². The maximum absolute atomic E-state index is 12.9. The Balaban J connectivity index is 1.62. The first-order chi connectivity index (χ1) is 13.0. The highest BCUT2D eigenvalue weighted by molar-refractivity contribution is 7.12. The molecule has 3 aromatic rings. The lowest BCUT2D eigenvalue weighted by molar-refractivity contribution is 0.0954. The summed E-state index contributed by atoms with van der Waals surface area (Å²) in [5.74, 6) is -0.985. The molecular formula is C20H16FN3O2S. The topological polar surface area (TPSA) is 70.6 Å². The molecule has 2 N–H and O–H groups in total. The van der Waals surface area contributed by atoms with Gasteiger partial charge in [0.25, 0.3) is 11.8 Å². The second kappa shape index (κ2) is 8.37. The molecule has 0 atom stereocenters. The fourth-order valence-corrected chi connectivity index (χ4v) is 2.88. The number of amides is 2. The molecule has 0 aliphatic heterocycles. The number of carbonyl (C=O) groups is 2. The van der Waals surface area contributed by atoms with E-state index in [-0.39, 0.29) is 5.91 Å². The third-order valence-corrected chi connectivity index (χ3v) is 4.61. The highest BCUT2D eigenvalue weighted by Gasteiger charge is 2.08. The van der Waals surface area contributed by atoms with Gasteiger partial charge < -0.3 is 5.32 Å². The maximum atomic E-state index is 12.9. The Hall–Kier alpha value is -3.32. The van der Waals surface area contributed by atoms with Gasteiger partial charge in [-0.2, -0.15) is 5.10 Å². The van der Waals surface area contributed by atoms with Crippen LogP contribution in [0.15, 0.2) is 71.1 Å². The van der Waals surface area contributed by atoms with Crippen molar-refractivity contribution in [3.05, 3.63) is 87.9 Å². The number of rotatable bonds is 5. The summed E-state index contributed by atoms with van der Waals surface area (Å²) in [4.78, 5) is 24.7. The van der Waals surface area contributed by atoms with E-state index in [1.54, 1.807) is 37.3 Å². The molecule has 2 aromatic carbocycles. The fourth-order valence-electron chi connectivity index (χ4n) is 2.26. The van der Waals surface area contributed by atoms with E-state index in [2.05, 4.69) is 15.8 Å². The van der Waals surface area contributed by atoms with Crippen molar-refractivity contribution >= 4 is 34.6 Å². The third-order valence-electron chi connectivity index (χ3n) is 3.74. The number of hydrogen-bond donors (Lipinski definition) is 2. The zero-order chi connectivity index (χ0) is 19.2. The van der Waals surface area contributed by atoms with Crippen LogP contribution in [0.2, 0.25) is 0 Å². The van der Waals surface area contributed by atoms with Gasteiger partial charge in [-0.1, -0.05) is 18.2 Å². The summed E-state index contributed by atoms with van der Waals surface area (Å²) < 4.78 is 12.9. The Morgan fingerprint density at radius 1 is 0.926 bits per heavy atom. The Labute approximate surface area is 159 Å². The zero-order valence-electron chi connectivity index (χ0n) is 14.4. The van der Waals surface area contributed by atoms with Crippen LogP contribution in [-0.4, -0.2) is 17.5 Å². The first-order valence-electron chi connectivity index (χ1n) is 8.08. The first-order valence-corrected chi connectivity index (χ1v) is 8.96. The quantitative estimate of drug-likeness (QED) is 0.511. The van der Waals surface area contributed by atoms with E-state index in [1.165, 1.54) is 35.6 Å². The van der Waals surface area contributed by atoms with Crippen LogP contribution in [-0.2, 0) is 0 Å². The van der Waals surface area contributed by atoms with E-state index in [0.29, 0.717) is 21.8 Å². The van der Waals surface area contributed by atoms with Gasteiger partial charge in [-0.05, 0) is 60.3 Å². The van der Waals surface area contributed by atoms with Gasteiger partial charge in [0.15, 0.2) is 0 Å². The lowest BCUT2D eigenvalue weighted by Gasteiger charge is -2.06. The van der Waals surface area contributed by atoms with Crippen molar-refractivity contribution in [2.75, 3.05) is 5.32 Å². The van der Waals surface area contributed by atoms with Gasteiger partial charge in [0, 0.05) is 11.3 Å². The van der Waals surface area contributed by atoms with Crippen LogP contribution in [0.5, 0.6) is 0 Å². The van der Waals surface area contributed by atoms with E-state index < -0.39 is 11.7 Å². The summed E-state index contributed by atoms with van der Waals surface area (Å²) >= 11 is 1.37. The number of nitrogens with one attached hydrogen (secondary N) is 2. The van der Waals surface area contributed by atoms with Crippen molar-refractivity contribution in [2.45, 2.75) is 6.92 Å². The molecule has 0 saturated carbocycles. The Morgan fingerprint density at radius 2 is 1.59 bits per heavy atom. The van der Waals surface area contributed by atoms with Crippen molar-refractivity contribution < 1.29 is 14.0 Å². The molecule has 0 spiro atoms. The number of hydrazone groups is 1. The smallest absolute Gasteiger partial charge is 0.271 e. The number of hydrogen-bond acceptors (Lipinski definition) is 4. The van der Waals surface area contributed by atoms with Gasteiger partial charge >= 0.3 is 0 Å². The molecule has 3 rings (SSSR count). The molecule has 0 fully saturated rings. The molecule has 5 nitrogen and oxygen atoms in total. The number of benzene rings is 2. The zero-order valence-corrected chi connectivity index (χ0v) is 15.2. The molecular weight excluding hydrogens is 365 g/mol. The number of nitrogens with zero attached hydrogens (tertiary/aromatic N) is 1. The summed E-state index contributed by atoms with van der Waals surface area (Å²) in [6.07, 6.45) is 0. The maximum Gasteiger partial charge on any atom is 0.271 e. The SMILES string of the molecule is C/C(=N\NC(=O)c1ccc(F)cc1)c1ccc(NC(=O)c2cccs2)cc1. The van der Waals surface area contributed by atoms with Crippen molar-refractivity contribution in [1.82, 2.24) is 5.43 Å². The Morgan fingerprint density at radius 3 is 2.22 bits per heavy atom. The average Bonchev–Trinajstić information content (AvgIpc) is 3.22. The van der Waals surface area contributed by atoms with Crippen molar-refractivity contribution in [3.63, 3.8) is 0 Å². The summed E-state index contributed by atoms with van der Waals surface area (Å²) in [6, 6.07) is 15.9. The predicted octanol–water partition coefficient (Wildman–Crippen LogP) is 4.29. The number of halogens is 1. The van der Waals surface area contributed by atoms with Gasteiger partial charge in [0.1, 0.15) is 5.82 Å². The van der Waals surface area contributed by atoms with Crippen LogP contribution in [0.1, 0.15) is 32.5 Å². The lowest BCUT2D eigenvalue weighted by Crippen LogP contribution is -2.19.